The number of aromatic carboxylic acids is 1. The van der Waals surface area contributed by atoms with E-state index in [1.165, 1.54) is 5.38 Å². The topological polar surface area (TPSA) is 83.5 Å². The van der Waals surface area contributed by atoms with Crippen LogP contribution in [0.2, 0.25) is 5.02 Å². The third kappa shape index (κ3) is 3.14. The minimum Gasteiger partial charge on any atom is -0.477 e. The smallest absolute Gasteiger partial charge is 0.347 e. The number of carbonyl (C=O) groups is 1. The Morgan fingerprint density at radius 1 is 1.33 bits per heavy atom. The highest BCUT2D eigenvalue weighted by molar-refractivity contribution is 7.93. The van der Waals surface area contributed by atoms with Gasteiger partial charge in [0.1, 0.15) is 21.3 Å². The average molecular weight is 354 g/mol. The lowest BCUT2D eigenvalue weighted by molar-refractivity contribution is 0.0698. The summed E-state index contributed by atoms with van der Waals surface area (Å²) in [5.41, 5.74) is -0.652. The fourth-order valence-electron chi connectivity index (χ4n) is 1.49. The van der Waals surface area contributed by atoms with Crippen molar-refractivity contribution in [1.29, 1.82) is 0 Å². The summed E-state index contributed by atoms with van der Waals surface area (Å²) >= 11 is 6.28. The Morgan fingerprint density at radius 2 is 2.00 bits per heavy atom. The van der Waals surface area contributed by atoms with E-state index in [0.717, 1.165) is 12.1 Å². The summed E-state index contributed by atoms with van der Waals surface area (Å²) in [6.45, 7) is 0. The molecule has 21 heavy (non-hydrogen) atoms. The van der Waals surface area contributed by atoms with Crippen LogP contribution in [0.25, 0.3) is 0 Å². The lowest BCUT2D eigenvalue weighted by Crippen LogP contribution is -2.16. The first-order valence-corrected chi connectivity index (χ1v) is 7.94. The number of carboxylic acids is 1. The fraction of sp³-hybridized carbons (Fsp3) is 0. The maximum atomic E-state index is 13.6. The average Bonchev–Trinajstić information content (AvgIpc) is 2.83. The van der Waals surface area contributed by atoms with Crippen molar-refractivity contribution in [2.75, 3.05) is 4.72 Å². The molecule has 1 aromatic heterocycles. The Bertz CT molecular complexity index is 796. The molecule has 0 atom stereocenters. The van der Waals surface area contributed by atoms with Crippen molar-refractivity contribution in [2.45, 2.75) is 4.90 Å². The van der Waals surface area contributed by atoms with Crippen LogP contribution < -0.4 is 4.72 Å². The molecule has 112 valence electrons. The number of thiophene rings is 1. The van der Waals surface area contributed by atoms with Crippen molar-refractivity contribution in [3.05, 3.63) is 45.1 Å². The van der Waals surface area contributed by atoms with Gasteiger partial charge in [0.25, 0.3) is 10.0 Å². The van der Waals surface area contributed by atoms with E-state index in [-0.39, 0.29) is 0 Å². The van der Waals surface area contributed by atoms with Crippen LogP contribution in [-0.2, 0) is 10.0 Å². The van der Waals surface area contributed by atoms with Crippen molar-refractivity contribution in [1.82, 2.24) is 0 Å². The summed E-state index contributed by atoms with van der Waals surface area (Å²) in [6, 6.07) is 2.25. The molecule has 0 aliphatic rings. The highest BCUT2D eigenvalue weighted by Gasteiger charge is 2.26. The van der Waals surface area contributed by atoms with E-state index in [1.54, 1.807) is 0 Å². The number of sulfonamides is 1. The Kier molecular flexibility index (Phi) is 4.17. The molecule has 0 saturated heterocycles. The summed E-state index contributed by atoms with van der Waals surface area (Å²) in [6.07, 6.45) is 0. The molecule has 5 nitrogen and oxygen atoms in total. The molecule has 2 aromatic rings. The van der Waals surface area contributed by atoms with Crippen LogP contribution in [0, 0.1) is 11.6 Å². The number of nitrogens with one attached hydrogen (secondary N) is 1. The molecule has 0 aliphatic heterocycles. The largest absolute Gasteiger partial charge is 0.477 e. The van der Waals surface area contributed by atoms with Crippen molar-refractivity contribution < 1.29 is 27.1 Å². The number of anilines is 1. The first-order valence-electron chi connectivity index (χ1n) is 5.20. The van der Waals surface area contributed by atoms with Gasteiger partial charge in [0.15, 0.2) is 5.82 Å². The summed E-state index contributed by atoms with van der Waals surface area (Å²) in [7, 11) is -4.37. The molecule has 0 spiro atoms. The predicted octanol–water partition coefficient (Wildman–Crippen LogP) is 3.18. The minimum atomic E-state index is -4.37. The zero-order valence-electron chi connectivity index (χ0n) is 9.93. The maximum Gasteiger partial charge on any atom is 0.347 e. The first-order chi connectivity index (χ1) is 9.72. The quantitative estimate of drug-likeness (QED) is 0.884. The van der Waals surface area contributed by atoms with Gasteiger partial charge in [-0.05, 0) is 17.5 Å². The summed E-state index contributed by atoms with van der Waals surface area (Å²) in [5, 5.41) is 9.68. The standard InChI is InChI=1S/C11H6ClF2NO4S2/c12-6-3-5(13)4-7(14)9(6)15-21(18,19)8-1-2-20-10(8)11(16)17/h1-4,15H,(H,16,17). The van der Waals surface area contributed by atoms with E-state index in [0.29, 0.717) is 17.4 Å². The second-order valence-electron chi connectivity index (χ2n) is 3.77. The highest BCUT2D eigenvalue weighted by atomic mass is 35.5. The van der Waals surface area contributed by atoms with Crippen molar-refractivity contribution >= 4 is 44.6 Å². The van der Waals surface area contributed by atoms with Crippen LogP contribution in [0.4, 0.5) is 14.5 Å². The normalized spacial score (nSPS) is 11.4. The zero-order valence-corrected chi connectivity index (χ0v) is 12.3. The van der Waals surface area contributed by atoms with Gasteiger partial charge in [-0.25, -0.2) is 22.0 Å². The number of rotatable bonds is 4. The van der Waals surface area contributed by atoms with E-state index < -0.39 is 48.1 Å². The molecule has 2 rings (SSSR count). The third-order valence-electron chi connectivity index (χ3n) is 2.36. The lowest BCUT2D eigenvalue weighted by Gasteiger charge is -2.10. The van der Waals surface area contributed by atoms with Gasteiger partial charge in [0.05, 0.1) is 5.02 Å². The summed E-state index contributed by atoms with van der Waals surface area (Å²) in [4.78, 5) is 9.97. The van der Waals surface area contributed by atoms with Gasteiger partial charge < -0.3 is 5.11 Å². The zero-order chi connectivity index (χ0) is 15.8. The summed E-state index contributed by atoms with van der Waals surface area (Å²) in [5.74, 6) is -3.62. The van der Waals surface area contributed by atoms with Gasteiger partial charge in [-0.2, -0.15) is 0 Å². The second-order valence-corrected chi connectivity index (χ2v) is 6.74. The molecule has 0 bridgehead atoms. The van der Waals surface area contributed by atoms with E-state index in [2.05, 4.69) is 0 Å². The molecule has 0 radical (unpaired) electrons. The number of hydrogen-bond donors (Lipinski definition) is 2. The van der Waals surface area contributed by atoms with Gasteiger partial charge in [-0.15, -0.1) is 11.3 Å². The van der Waals surface area contributed by atoms with Crippen molar-refractivity contribution in [3.63, 3.8) is 0 Å². The van der Waals surface area contributed by atoms with Gasteiger partial charge in [-0.1, -0.05) is 11.6 Å². The minimum absolute atomic E-state index is 0.429. The van der Waals surface area contributed by atoms with Crippen molar-refractivity contribution in [3.8, 4) is 0 Å². The molecular formula is C11H6ClF2NO4S2. The Hall–Kier alpha value is -1.71. The van der Waals surface area contributed by atoms with E-state index >= 15 is 0 Å². The van der Waals surface area contributed by atoms with Crippen LogP contribution >= 0.6 is 22.9 Å². The molecule has 1 heterocycles. The van der Waals surface area contributed by atoms with Gasteiger partial charge in [-0.3, -0.25) is 4.72 Å². The first kappa shape index (κ1) is 15.7. The Morgan fingerprint density at radius 3 is 2.57 bits per heavy atom. The van der Waals surface area contributed by atoms with E-state index in [9.17, 15) is 22.0 Å². The van der Waals surface area contributed by atoms with Crippen LogP contribution in [0.1, 0.15) is 9.67 Å². The fourth-order valence-corrected chi connectivity index (χ4v) is 4.14. The number of carboxylic acid groups (broad SMARTS) is 1. The molecule has 0 amide bonds. The van der Waals surface area contributed by atoms with Gasteiger partial charge in [0, 0.05) is 6.07 Å². The third-order valence-corrected chi connectivity index (χ3v) is 5.08. The van der Waals surface area contributed by atoms with Crippen LogP contribution in [0.5, 0.6) is 0 Å². The van der Waals surface area contributed by atoms with E-state index in [1.807, 2.05) is 4.72 Å². The number of hydrogen-bond acceptors (Lipinski definition) is 4. The van der Waals surface area contributed by atoms with Crippen molar-refractivity contribution in [2.24, 2.45) is 0 Å². The molecule has 0 aliphatic carbocycles. The molecule has 10 heteroatoms. The van der Waals surface area contributed by atoms with Crippen LogP contribution in [-0.4, -0.2) is 19.5 Å². The van der Waals surface area contributed by atoms with Crippen LogP contribution in [0.15, 0.2) is 28.5 Å². The van der Waals surface area contributed by atoms with Crippen LogP contribution in [0.3, 0.4) is 0 Å². The molecule has 1 aromatic carbocycles. The molecule has 0 unspecified atom stereocenters. The Balaban J connectivity index is 2.48. The predicted molar refractivity (Wildman–Crippen MR) is 73.5 cm³/mol. The molecule has 0 fully saturated rings. The highest BCUT2D eigenvalue weighted by Crippen LogP contribution is 2.30. The number of benzene rings is 1. The molecule has 2 N–H and O–H groups in total. The monoisotopic (exact) mass is 353 g/mol. The SMILES string of the molecule is O=C(O)c1sccc1S(=O)(=O)Nc1c(F)cc(F)cc1Cl. The second kappa shape index (κ2) is 5.58. The summed E-state index contributed by atoms with van der Waals surface area (Å²) < 4.78 is 52.5. The lowest BCUT2D eigenvalue weighted by atomic mass is 10.3. The molecule has 0 saturated carbocycles. The number of halogens is 3. The van der Waals surface area contributed by atoms with E-state index in [4.69, 9.17) is 16.7 Å². The maximum absolute atomic E-state index is 13.6. The van der Waals surface area contributed by atoms with Gasteiger partial charge >= 0.3 is 5.97 Å². The Labute approximate surface area is 126 Å². The van der Waals surface area contributed by atoms with Gasteiger partial charge in [0.2, 0.25) is 0 Å². The molecular weight excluding hydrogens is 348 g/mol.